The van der Waals surface area contributed by atoms with Crippen LogP contribution in [0, 0.1) is 0 Å². The molecule has 1 atom stereocenters. The van der Waals surface area contributed by atoms with Crippen LogP contribution in [0.3, 0.4) is 0 Å². The Balaban J connectivity index is 1.86. The molecule has 3 heteroatoms. The lowest BCUT2D eigenvalue weighted by atomic mass is 9.98. The molecule has 2 aliphatic heterocycles. The molecule has 20 heavy (non-hydrogen) atoms. The van der Waals surface area contributed by atoms with Crippen molar-refractivity contribution in [2.24, 2.45) is 0 Å². The van der Waals surface area contributed by atoms with Gasteiger partial charge in [-0.3, -0.25) is 0 Å². The van der Waals surface area contributed by atoms with Crippen LogP contribution in [-0.2, 0) is 22.7 Å². The molecule has 0 bridgehead atoms. The van der Waals surface area contributed by atoms with Gasteiger partial charge in [0, 0.05) is 0 Å². The molecule has 0 saturated heterocycles. The zero-order chi connectivity index (χ0) is 13.8. The van der Waals surface area contributed by atoms with Crippen molar-refractivity contribution in [3.8, 4) is 0 Å². The second kappa shape index (κ2) is 6.42. The summed E-state index contributed by atoms with van der Waals surface area (Å²) in [5.41, 5.74) is 3.93. The second-order valence-electron chi connectivity index (χ2n) is 5.51. The number of allylic oxidation sites excluding steroid dienone is 1. The Morgan fingerprint density at radius 3 is 2.95 bits per heavy atom. The molecule has 0 spiro atoms. The molecule has 2 aliphatic rings. The van der Waals surface area contributed by atoms with Gasteiger partial charge in [0.1, 0.15) is 5.76 Å². The fourth-order valence-corrected chi connectivity index (χ4v) is 2.82. The van der Waals surface area contributed by atoms with E-state index in [4.69, 9.17) is 9.47 Å². The Bertz CT molecular complexity index is 496. The minimum absolute atomic E-state index is 0.182. The Morgan fingerprint density at radius 2 is 2.15 bits per heavy atom. The first kappa shape index (κ1) is 13.7. The topological polar surface area (TPSA) is 30.5 Å². The highest BCUT2D eigenvalue weighted by Gasteiger charge is 2.21. The van der Waals surface area contributed by atoms with Gasteiger partial charge in [-0.1, -0.05) is 25.1 Å². The van der Waals surface area contributed by atoms with Gasteiger partial charge in [0.15, 0.2) is 0 Å². The van der Waals surface area contributed by atoms with Crippen LogP contribution in [-0.4, -0.2) is 13.2 Å². The number of hydrogen-bond donors (Lipinski definition) is 1. The fraction of sp³-hybridized carbons (Fsp3) is 0.529. The maximum atomic E-state index is 5.88. The molecule has 0 saturated carbocycles. The third-order valence-electron chi connectivity index (χ3n) is 3.92. The maximum Gasteiger partial charge on any atom is 0.113 e. The number of ether oxygens (including phenoxy) is 2. The zero-order valence-electron chi connectivity index (χ0n) is 12.2. The van der Waals surface area contributed by atoms with E-state index in [-0.39, 0.29) is 6.04 Å². The lowest BCUT2D eigenvalue weighted by molar-refractivity contribution is 0.134. The first-order valence-electron chi connectivity index (χ1n) is 7.64. The van der Waals surface area contributed by atoms with Crippen LogP contribution in [0.5, 0.6) is 0 Å². The van der Waals surface area contributed by atoms with Crippen molar-refractivity contribution < 1.29 is 9.47 Å². The van der Waals surface area contributed by atoms with Gasteiger partial charge >= 0.3 is 0 Å². The minimum atomic E-state index is 0.182. The number of hydrogen-bond acceptors (Lipinski definition) is 3. The zero-order valence-corrected chi connectivity index (χ0v) is 12.2. The van der Waals surface area contributed by atoms with Crippen LogP contribution in [0.2, 0.25) is 0 Å². The highest BCUT2D eigenvalue weighted by molar-refractivity contribution is 5.37. The van der Waals surface area contributed by atoms with Crippen molar-refractivity contribution in [3.05, 3.63) is 46.7 Å². The summed E-state index contributed by atoms with van der Waals surface area (Å²) in [5.74, 6) is 1.09. The molecule has 3 nitrogen and oxygen atoms in total. The van der Waals surface area contributed by atoms with Gasteiger partial charge in [0.05, 0.1) is 25.9 Å². The number of benzene rings is 1. The highest BCUT2D eigenvalue weighted by atomic mass is 16.5. The molecule has 108 valence electrons. The van der Waals surface area contributed by atoms with Gasteiger partial charge in [0.2, 0.25) is 0 Å². The monoisotopic (exact) mass is 273 g/mol. The van der Waals surface area contributed by atoms with Crippen molar-refractivity contribution >= 4 is 0 Å². The predicted octanol–water partition coefficient (Wildman–Crippen LogP) is 3.45. The summed E-state index contributed by atoms with van der Waals surface area (Å²) in [6, 6.07) is 6.86. The maximum absolute atomic E-state index is 5.88. The smallest absolute Gasteiger partial charge is 0.113 e. The minimum Gasteiger partial charge on any atom is -0.496 e. The van der Waals surface area contributed by atoms with Gasteiger partial charge < -0.3 is 14.8 Å². The molecule has 2 heterocycles. The van der Waals surface area contributed by atoms with E-state index in [2.05, 4.69) is 36.5 Å². The third kappa shape index (κ3) is 2.89. The van der Waals surface area contributed by atoms with E-state index >= 15 is 0 Å². The Morgan fingerprint density at radius 1 is 1.25 bits per heavy atom. The number of nitrogens with one attached hydrogen (secondary N) is 1. The lowest BCUT2D eigenvalue weighted by Gasteiger charge is -2.25. The van der Waals surface area contributed by atoms with Crippen molar-refractivity contribution in [1.82, 2.24) is 5.32 Å². The molecular weight excluding hydrogens is 250 g/mol. The van der Waals surface area contributed by atoms with Crippen LogP contribution >= 0.6 is 0 Å². The third-order valence-corrected chi connectivity index (χ3v) is 3.92. The summed E-state index contributed by atoms with van der Waals surface area (Å²) in [6.45, 7) is 5.52. The Hall–Kier alpha value is -1.32. The summed E-state index contributed by atoms with van der Waals surface area (Å²) >= 11 is 0. The van der Waals surface area contributed by atoms with Crippen molar-refractivity contribution in [1.29, 1.82) is 0 Å². The molecule has 0 radical (unpaired) electrons. The quantitative estimate of drug-likeness (QED) is 0.891. The highest BCUT2D eigenvalue weighted by Crippen LogP contribution is 2.29. The van der Waals surface area contributed by atoms with Gasteiger partial charge in [0.25, 0.3) is 0 Å². The molecule has 0 amide bonds. The molecule has 0 aromatic heterocycles. The van der Waals surface area contributed by atoms with Gasteiger partial charge in [-0.2, -0.15) is 0 Å². The number of fused-ring (bicyclic) bond motifs is 1. The average molecular weight is 273 g/mol. The van der Waals surface area contributed by atoms with Crippen molar-refractivity contribution in [3.63, 3.8) is 0 Å². The van der Waals surface area contributed by atoms with Crippen LogP contribution in [0.1, 0.15) is 48.9 Å². The summed E-state index contributed by atoms with van der Waals surface area (Å²) in [4.78, 5) is 0. The largest absolute Gasteiger partial charge is 0.496 e. The Labute approximate surface area is 121 Å². The van der Waals surface area contributed by atoms with Crippen molar-refractivity contribution in [2.75, 3.05) is 13.2 Å². The molecule has 0 aliphatic carbocycles. The standard InChI is InChI=1S/C17H23NO2/c1-2-8-18-17(16-5-3-4-9-20-16)13-6-7-14-11-19-12-15(14)10-13/h5-7,10,17-18H,2-4,8-9,11-12H2,1H3. The van der Waals surface area contributed by atoms with E-state index in [9.17, 15) is 0 Å². The normalized spacial score (nSPS) is 19.1. The van der Waals surface area contributed by atoms with Gasteiger partial charge in [-0.05, 0) is 48.6 Å². The molecule has 1 aromatic carbocycles. The summed E-state index contributed by atoms with van der Waals surface area (Å²) in [7, 11) is 0. The molecule has 1 N–H and O–H groups in total. The van der Waals surface area contributed by atoms with E-state index < -0.39 is 0 Å². The Kier molecular flexibility index (Phi) is 4.38. The van der Waals surface area contributed by atoms with E-state index in [1.165, 1.54) is 16.7 Å². The van der Waals surface area contributed by atoms with E-state index in [1.54, 1.807) is 0 Å². The predicted molar refractivity (Wildman–Crippen MR) is 79.2 cm³/mol. The van der Waals surface area contributed by atoms with Crippen LogP contribution in [0.15, 0.2) is 30.0 Å². The van der Waals surface area contributed by atoms with Crippen LogP contribution < -0.4 is 5.32 Å². The molecule has 1 unspecified atom stereocenters. The van der Waals surface area contributed by atoms with Crippen molar-refractivity contribution in [2.45, 2.75) is 45.4 Å². The van der Waals surface area contributed by atoms with Crippen LogP contribution in [0.4, 0.5) is 0 Å². The number of rotatable bonds is 5. The molecule has 3 rings (SSSR count). The summed E-state index contributed by atoms with van der Waals surface area (Å²) in [6.07, 6.45) is 5.61. The van der Waals surface area contributed by atoms with Gasteiger partial charge in [-0.15, -0.1) is 0 Å². The molecule has 1 aromatic rings. The lowest BCUT2D eigenvalue weighted by Crippen LogP contribution is -2.26. The SMILES string of the molecule is CCCNC(C1=CCCCO1)c1ccc2c(c1)COC2. The summed E-state index contributed by atoms with van der Waals surface area (Å²) < 4.78 is 11.4. The van der Waals surface area contributed by atoms with Crippen LogP contribution in [0.25, 0.3) is 0 Å². The second-order valence-corrected chi connectivity index (χ2v) is 5.51. The van der Waals surface area contributed by atoms with E-state index in [1.807, 2.05) is 0 Å². The average Bonchev–Trinajstić information content (AvgIpc) is 2.96. The van der Waals surface area contributed by atoms with Gasteiger partial charge in [-0.25, -0.2) is 0 Å². The van der Waals surface area contributed by atoms with E-state index in [0.717, 1.165) is 51.4 Å². The summed E-state index contributed by atoms with van der Waals surface area (Å²) in [5, 5.41) is 3.61. The first-order valence-corrected chi connectivity index (χ1v) is 7.64. The first-order chi connectivity index (χ1) is 9.88. The van der Waals surface area contributed by atoms with E-state index in [0.29, 0.717) is 0 Å². The molecule has 0 fully saturated rings. The fourth-order valence-electron chi connectivity index (χ4n) is 2.82. The molecular formula is C17H23NO2.